The van der Waals surface area contributed by atoms with E-state index in [0.29, 0.717) is 38.6 Å². The van der Waals surface area contributed by atoms with Crippen LogP contribution in [0.2, 0.25) is 0 Å². The molecule has 0 N–H and O–H groups in total. The number of ether oxygens (including phenoxy) is 2. The van der Waals surface area contributed by atoms with Crippen molar-refractivity contribution in [1.82, 2.24) is 15.1 Å². The van der Waals surface area contributed by atoms with E-state index < -0.39 is 11.7 Å². The van der Waals surface area contributed by atoms with Gasteiger partial charge < -0.3 is 19.3 Å². The lowest BCUT2D eigenvalue weighted by Gasteiger charge is -2.35. The molecule has 0 radical (unpaired) electrons. The number of piperazine rings is 1. The number of halogens is 3. The Morgan fingerprint density at radius 3 is 2.29 bits per heavy atom. The third-order valence-electron chi connectivity index (χ3n) is 5.59. The zero-order valence-corrected chi connectivity index (χ0v) is 19.2. The second kappa shape index (κ2) is 10.6. The molecule has 2 aromatic carbocycles. The molecular formula is C25H25F3N4O3. The minimum Gasteiger partial charge on any atom is -0.494 e. The highest BCUT2D eigenvalue weighted by Gasteiger charge is 2.30. The third kappa shape index (κ3) is 6.20. The van der Waals surface area contributed by atoms with Gasteiger partial charge in [0, 0.05) is 31.7 Å². The van der Waals surface area contributed by atoms with Crippen molar-refractivity contribution < 1.29 is 27.4 Å². The maximum Gasteiger partial charge on any atom is 0.416 e. The molecule has 1 amide bonds. The zero-order chi connectivity index (χ0) is 24.8. The van der Waals surface area contributed by atoms with E-state index in [-0.39, 0.29) is 18.3 Å². The van der Waals surface area contributed by atoms with Gasteiger partial charge in [0.25, 0.3) is 5.91 Å². The molecule has 184 valence electrons. The van der Waals surface area contributed by atoms with E-state index in [1.807, 2.05) is 48.2 Å². The fourth-order valence-corrected chi connectivity index (χ4v) is 3.72. The summed E-state index contributed by atoms with van der Waals surface area (Å²) in [5.41, 5.74) is 0.867. The van der Waals surface area contributed by atoms with Crippen molar-refractivity contribution in [3.8, 4) is 22.8 Å². The van der Waals surface area contributed by atoms with Gasteiger partial charge in [-0.25, -0.2) is 0 Å². The first kappa shape index (κ1) is 24.3. The molecule has 0 bridgehead atoms. The molecule has 1 saturated heterocycles. The second-order valence-corrected chi connectivity index (χ2v) is 7.92. The number of anilines is 1. The highest BCUT2D eigenvalue weighted by atomic mass is 19.4. The van der Waals surface area contributed by atoms with E-state index in [1.54, 1.807) is 4.90 Å². The van der Waals surface area contributed by atoms with Gasteiger partial charge in [0.15, 0.2) is 12.4 Å². The minimum atomic E-state index is -4.46. The van der Waals surface area contributed by atoms with Crippen LogP contribution in [-0.4, -0.2) is 60.4 Å². The summed E-state index contributed by atoms with van der Waals surface area (Å²) in [4.78, 5) is 16.2. The van der Waals surface area contributed by atoms with E-state index in [1.165, 1.54) is 12.1 Å². The van der Waals surface area contributed by atoms with Gasteiger partial charge >= 0.3 is 6.18 Å². The Balaban J connectivity index is 1.28. The van der Waals surface area contributed by atoms with Crippen LogP contribution in [0.15, 0.2) is 60.7 Å². The molecule has 0 atom stereocenters. The maximum absolute atomic E-state index is 12.8. The van der Waals surface area contributed by atoms with Crippen LogP contribution < -0.4 is 14.4 Å². The molecule has 7 nitrogen and oxygen atoms in total. The van der Waals surface area contributed by atoms with Gasteiger partial charge in [0.2, 0.25) is 0 Å². The Kier molecular flexibility index (Phi) is 7.38. The van der Waals surface area contributed by atoms with Crippen LogP contribution in [0.5, 0.6) is 11.5 Å². The van der Waals surface area contributed by atoms with Gasteiger partial charge in [0.05, 0.1) is 17.9 Å². The summed E-state index contributed by atoms with van der Waals surface area (Å²) in [6.07, 6.45) is -4.46. The Labute approximate surface area is 201 Å². The molecule has 2 heterocycles. The summed E-state index contributed by atoms with van der Waals surface area (Å²) in [5.74, 6) is 1.24. The van der Waals surface area contributed by atoms with Crippen molar-refractivity contribution >= 4 is 11.7 Å². The van der Waals surface area contributed by atoms with Crippen molar-refractivity contribution in [2.75, 3.05) is 44.3 Å². The van der Waals surface area contributed by atoms with Crippen LogP contribution in [0.25, 0.3) is 11.3 Å². The monoisotopic (exact) mass is 486 g/mol. The number of carbonyl (C=O) groups is 1. The zero-order valence-electron chi connectivity index (χ0n) is 19.2. The normalized spacial score (nSPS) is 14.1. The van der Waals surface area contributed by atoms with Gasteiger partial charge in [0.1, 0.15) is 11.5 Å². The minimum absolute atomic E-state index is 0.00899. The first-order chi connectivity index (χ1) is 16.8. The number of amides is 1. The van der Waals surface area contributed by atoms with Crippen LogP contribution in [0.1, 0.15) is 12.5 Å². The highest BCUT2D eigenvalue weighted by molar-refractivity contribution is 5.78. The summed E-state index contributed by atoms with van der Waals surface area (Å²) in [6.45, 7) is 4.24. The van der Waals surface area contributed by atoms with Crippen molar-refractivity contribution in [2.45, 2.75) is 13.1 Å². The Bertz CT molecular complexity index is 1130. The number of benzene rings is 2. The van der Waals surface area contributed by atoms with E-state index in [0.717, 1.165) is 29.1 Å². The summed E-state index contributed by atoms with van der Waals surface area (Å²) in [7, 11) is 0. The molecule has 1 aliphatic rings. The third-order valence-corrected chi connectivity index (χ3v) is 5.59. The summed E-state index contributed by atoms with van der Waals surface area (Å²) < 4.78 is 49.3. The molecule has 3 aromatic rings. The SMILES string of the molecule is CCOc1ccc(-c2ccc(N3CCN(C(=O)COc4cccc(C(F)(F)F)c4)CC3)nn2)cc1. The average Bonchev–Trinajstić information content (AvgIpc) is 2.88. The molecule has 35 heavy (non-hydrogen) atoms. The molecule has 4 rings (SSSR count). The predicted octanol–water partition coefficient (Wildman–Crippen LogP) is 4.29. The smallest absolute Gasteiger partial charge is 0.416 e. The number of rotatable bonds is 7. The van der Waals surface area contributed by atoms with E-state index >= 15 is 0 Å². The van der Waals surface area contributed by atoms with Gasteiger partial charge in [-0.1, -0.05) is 6.07 Å². The molecule has 1 aromatic heterocycles. The summed E-state index contributed by atoms with van der Waals surface area (Å²) in [6, 6.07) is 15.9. The summed E-state index contributed by atoms with van der Waals surface area (Å²) in [5, 5.41) is 8.66. The van der Waals surface area contributed by atoms with Crippen LogP contribution in [0.4, 0.5) is 19.0 Å². The molecule has 1 fully saturated rings. The lowest BCUT2D eigenvalue weighted by atomic mass is 10.1. The quantitative estimate of drug-likeness (QED) is 0.497. The van der Waals surface area contributed by atoms with Crippen LogP contribution in [0.3, 0.4) is 0 Å². The van der Waals surface area contributed by atoms with Gasteiger partial charge in [-0.15, -0.1) is 10.2 Å². The second-order valence-electron chi connectivity index (χ2n) is 7.92. The van der Waals surface area contributed by atoms with Crippen molar-refractivity contribution in [1.29, 1.82) is 0 Å². The lowest BCUT2D eigenvalue weighted by Crippen LogP contribution is -2.50. The number of carbonyl (C=O) groups excluding carboxylic acids is 1. The van der Waals surface area contributed by atoms with Gasteiger partial charge in [-0.3, -0.25) is 4.79 Å². The van der Waals surface area contributed by atoms with E-state index in [9.17, 15) is 18.0 Å². The fraction of sp³-hybridized carbons (Fsp3) is 0.320. The topological polar surface area (TPSA) is 67.8 Å². The number of alkyl halides is 3. The highest BCUT2D eigenvalue weighted by Crippen LogP contribution is 2.31. The number of hydrogen-bond acceptors (Lipinski definition) is 6. The van der Waals surface area contributed by atoms with Crippen molar-refractivity contribution in [3.05, 3.63) is 66.2 Å². The largest absolute Gasteiger partial charge is 0.494 e. The molecule has 1 aliphatic heterocycles. The first-order valence-corrected chi connectivity index (χ1v) is 11.2. The molecule has 0 unspecified atom stereocenters. The van der Waals surface area contributed by atoms with E-state index in [2.05, 4.69) is 10.2 Å². The van der Waals surface area contributed by atoms with Crippen molar-refractivity contribution in [2.24, 2.45) is 0 Å². The van der Waals surface area contributed by atoms with Crippen LogP contribution >= 0.6 is 0 Å². The van der Waals surface area contributed by atoms with Gasteiger partial charge in [-0.2, -0.15) is 13.2 Å². The molecule has 0 aliphatic carbocycles. The number of aromatic nitrogens is 2. The molecule has 0 spiro atoms. The van der Waals surface area contributed by atoms with Crippen LogP contribution in [0, 0.1) is 0 Å². The lowest BCUT2D eigenvalue weighted by molar-refractivity contribution is -0.137. The Morgan fingerprint density at radius 2 is 1.66 bits per heavy atom. The standard InChI is InChI=1S/C25H25F3N4O3/c1-2-34-20-8-6-18(7-9-20)22-10-11-23(30-29-22)31-12-14-32(15-13-31)24(33)17-35-21-5-3-4-19(16-21)25(26,27)28/h3-11,16H,2,12-15,17H2,1H3. The Hall–Kier alpha value is -3.82. The predicted molar refractivity (Wildman–Crippen MR) is 124 cm³/mol. The first-order valence-electron chi connectivity index (χ1n) is 11.2. The van der Waals surface area contributed by atoms with Crippen molar-refractivity contribution in [3.63, 3.8) is 0 Å². The summed E-state index contributed by atoms with van der Waals surface area (Å²) >= 11 is 0. The maximum atomic E-state index is 12.8. The van der Waals surface area contributed by atoms with E-state index in [4.69, 9.17) is 9.47 Å². The Morgan fingerprint density at radius 1 is 0.914 bits per heavy atom. The molecule has 0 saturated carbocycles. The fourth-order valence-electron chi connectivity index (χ4n) is 3.72. The molecular weight excluding hydrogens is 461 g/mol. The number of nitrogens with zero attached hydrogens (tertiary/aromatic N) is 4. The average molecular weight is 486 g/mol. The number of hydrogen-bond donors (Lipinski definition) is 0. The molecule has 10 heteroatoms. The van der Waals surface area contributed by atoms with Crippen LogP contribution in [-0.2, 0) is 11.0 Å². The van der Waals surface area contributed by atoms with Gasteiger partial charge in [-0.05, 0) is 61.5 Å².